The summed E-state index contributed by atoms with van der Waals surface area (Å²) in [5.74, 6) is 0.539. The summed E-state index contributed by atoms with van der Waals surface area (Å²) in [6.07, 6.45) is 1.50. The fourth-order valence-electron chi connectivity index (χ4n) is 1.79. The van der Waals surface area contributed by atoms with Gasteiger partial charge < -0.3 is 9.64 Å². The number of nitrogens with zero attached hydrogens (tertiary/aromatic N) is 2. The maximum atomic E-state index is 12.4. The number of pyridine rings is 1. The van der Waals surface area contributed by atoms with Gasteiger partial charge in [-0.1, -0.05) is 11.6 Å². The van der Waals surface area contributed by atoms with Crippen LogP contribution < -0.4 is 9.64 Å². The second-order valence-corrected chi connectivity index (χ2v) is 4.77. The first kappa shape index (κ1) is 14.3. The predicted molar refractivity (Wildman–Crippen MR) is 79.7 cm³/mol. The van der Waals surface area contributed by atoms with Crippen LogP contribution in [0, 0.1) is 6.92 Å². The van der Waals surface area contributed by atoms with Crippen molar-refractivity contribution in [2.45, 2.75) is 6.92 Å². The molecule has 0 radical (unpaired) electrons. The van der Waals surface area contributed by atoms with Crippen molar-refractivity contribution in [2.24, 2.45) is 0 Å². The van der Waals surface area contributed by atoms with E-state index in [1.165, 1.54) is 11.1 Å². The zero-order valence-corrected chi connectivity index (χ0v) is 12.3. The lowest BCUT2D eigenvalue weighted by molar-refractivity contribution is 0.0993. The highest BCUT2D eigenvalue weighted by molar-refractivity contribution is 6.34. The van der Waals surface area contributed by atoms with Gasteiger partial charge in [0.15, 0.2) is 0 Å². The third-order valence-corrected chi connectivity index (χ3v) is 3.30. The van der Waals surface area contributed by atoms with Gasteiger partial charge in [-0.05, 0) is 37.3 Å². The van der Waals surface area contributed by atoms with Gasteiger partial charge in [-0.3, -0.25) is 9.78 Å². The molecule has 1 aromatic heterocycles. The summed E-state index contributed by atoms with van der Waals surface area (Å²) in [7, 11) is 3.29. The van der Waals surface area contributed by atoms with Crippen molar-refractivity contribution in [1.29, 1.82) is 0 Å². The molecule has 0 aliphatic carbocycles. The number of hydrogen-bond donors (Lipinski definition) is 0. The molecule has 0 aliphatic rings. The fourth-order valence-corrected chi connectivity index (χ4v) is 2.08. The Labute approximate surface area is 123 Å². The molecule has 1 amide bonds. The lowest BCUT2D eigenvalue weighted by atomic mass is 10.2. The van der Waals surface area contributed by atoms with Crippen LogP contribution in [0.1, 0.15) is 16.1 Å². The standard InChI is InChI=1S/C15H15ClN2O2/c1-10-8-14(16)13(9-17-10)15(19)18(2)11-4-6-12(20-3)7-5-11/h4-9H,1-3H3. The van der Waals surface area contributed by atoms with E-state index in [4.69, 9.17) is 16.3 Å². The molecule has 0 fully saturated rings. The third-order valence-electron chi connectivity index (χ3n) is 2.98. The Balaban J connectivity index is 2.27. The molecule has 2 rings (SSSR count). The molecule has 104 valence electrons. The summed E-state index contributed by atoms with van der Waals surface area (Å²) in [5, 5.41) is 0.405. The van der Waals surface area contributed by atoms with Crippen molar-refractivity contribution in [3.63, 3.8) is 0 Å². The first-order valence-corrected chi connectivity index (χ1v) is 6.45. The molecular formula is C15H15ClN2O2. The molecule has 0 N–H and O–H groups in total. The summed E-state index contributed by atoms with van der Waals surface area (Å²) in [6, 6.07) is 8.90. The Morgan fingerprint density at radius 1 is 1.30 bits per heavy atom. The minimum atomic E-state index is -0.201. The number of carbonyl (C=O) groups is 1. The highest BCUT2D eigenvalue weighted by Crippen LogP contribution is 2.22. The number of ether oxygens (including phenoxy) is 1. The molecule has 0 bridgehead atoms. The van der Waals surface area contributed by atoms with Crippen molar-refractivity contribution in [3.8, 4) is 5.75 Å². The normalized spacial score (nSPS) is 10.2. The van der Waals surface area contributed by atoms with Crippen LogP contribution in [0.2, 0.25) is 5.02 Å². The van der Waals surface area contributed by atoms with Crippen molar-refractivity contribution < 1.29 is 9.53 Å². The van der Waals surface area contributed by atoms with Gasteiger partial charge in [0.25, 0.3) is 5.91 Å². The SMILES string of the molecule is COc1ccc(N(C)C(=O)c2cnc(C)cc2Cl)cc1. The van der Waals surface area contributed by atoms with Gasteiger partial charge in [-0.15, -0.1) is 0 Å². The van der Waals surface area contributed by atoms with Gasteiger partial charge >= 0.3 is 0 Å². The summed E-state index contributed by atoms with van der Waals surface area (Å²) in [6.45, 7) is 1.83. The minimum Gasteiger partial charge on any atom is -0.497 e. The van der Waals surface area contributed by atoms with Crippen LogP contribution in [-0.2, 0) is 0 Å². The summed E-state index contributed by atoms with van der Waals surface area (Å²) in [4.78, 5) is 18.0. The Kier molecular flexibility index (Phi) is 4.25. The predicted octanol–water partition coefficient (Wildman–Crippen LogP) is 3.33. The number of anilines is 1. The van der Waals surface area contributed by atoms with Gasteiger partial charge in [-0.25, -0.2) is 0 Å². The number of carbonyl (C=O) groups excluding carboxylic acids is 1. The monoisotopic (exact) mass is 290 g/mol. The van der Waals surface area contributed by atoms with Gasteiger partial charge in [-0.2, -0.15) is 0 Å². The van der Waals surface area contributed by atoms with E-state index in [0.29, 0.717) is 10.6 Å². The van der Waals surface area contributed by atoms with Crippen LogP contribution >= 0.6 is 11.6 Å². The third kappa shape index (κ3) is 2.91. The van der Waals surface area contributed by atoms with Gasteiger partial charge in [0.05, 0.1) is 17.7 Å². The maximum Gasteiger partial charge on any atom is 0.261 e. The first-order valence-electron chi connectivity index (χ1n) is 6.07. The molecule has 20 heavy (non-hydrogen) atoms. The number of hydrogen-bond acceptors (Lipinski definition) is 3. The minimum absolute atomic E-state index is 0.201. The molecule has 1 heterocycles. The van der Waals surface area contributed by atoms with E-state index < -0.39 is 0 Å². The van der Waals surface area contributed by atoms with Crippen LogP contribution in [0.5, 0.6) is 5.75 Å². The number of aryl methyl sites for hydroxylation is 1. The van der Waals surface area contributed by atoms with Crippen molar-refractivity contribution in [2.75, 3.05) is 19.1 Å². The molecule has 2 aromatic rings. The highest BCUT2D eigenvalue weighted by Gasteiger charge is 2.17. The number of rotatable bonds is 3. The molecule has 4 nitrogen and oxygen atoms in total. The van der Waals surface area contributed by atoms with Crippen molar-refractivity contribution in [1.82, 2.24) is 4.98 Å². The number of benzene rings is 1. The van der Waals surface area contributed by atoms with Crippen LogP contribution in [0.4, 0.5) is 5.69 Å². The Bertz CT molecular complexity index is 626. The van der Waals surface area contributed by atoms with Gasteiger partial charge in [0, 0.05) is 24.6 Å². The van der Waals surface area contributed by atoms with Crippen molar-refractivity contribution in [3.05, 3.63) is 52.8 Å². The molecule has 0 saturated carbocycles. The number of methoxy groups -OCH3 is 1. The highest BCUT2D eigenvalue weighted by atomic mass is 35.5. The molecule has 0 unspecified atom stereocenters. The van der Waals surface area contributed by atoms with E-state index in [0.717, 1.165) is 17.1 Å². The fraction of sp³-hybridized carbons (Fsp3) is 0.200. The molecule has 1 aromatic carbocycles. The summed E-state index contributed by atoms with van der Waals surface area (Å²) < 4.78 is 5.09. The van der Waals surface area contributed by atoms with E-state index in [9.17, 15) is 4.79 Å². The largest absolute Gasteiger partial charge is 0.497 e. The number of aromatic nitrogens is 1. The smallest absolute Gasteiger partial charge is 0.261 e. The van der Waals surface area contributed by atoms with Gasteiger partial charge in [0.1, 0.15) is 5.75 Å². The van der Waals surface area contributed by atoms with Crippen LogP contribution in [0.3, 0.4) is 0 Å². The number of halogens is 1. The molecule has 0 spiro atoms. The lowest BCUT2D eigenvalue weighted by Gasteiger charge is -2.18. The molecule has 0 saturated heterocycles. The van der Waals surface area contributed by atoms with E-state index in [2.05, 4.69) is 4.98 Å². The van der Waals surface area contributed by atoms with Gasteiger partial charge in [0.2, 0.25) is 0 Å². The first-order chi connectivity index (χ1) is 9.52. The lowest BCUT2D eigenvalue weighted by Crippen LogP contribution is -2.26. The Morgan fingerprint density at radius 3 is 2.50 bits per heavy atom. The van der Waals surface area contributed by atoms with Crippen LogP contribution in [0.25, 0.3) is 0 Å². The molecule has 0 aliphatic heterocycles. The molecular weight excluding hydrogens is 276 g/mol. The zero-order chi connectivity index (χ0) is 14.7. The van der Waals surface area contributed by atoms with E-state index in [1.54, 1.807) is 32.4 Å². The topological polar surface area (TPSA) is 42.4 Å². The quantitative estimate of drug-likeness (QED) is 0.871. The van der Waals surface area contributed by atoms with E-state index in [1.807, 2.05) is 19.1 Å². The zero-order valence-electron chi connectivity index (χ0n) is 11.6. The van der Waals surface area contributed by atoms with Crippen LogP contribution in [0.15, 0.2) is 36.5 Å². The van der Waals surface area contributed by atoms with E-state index in [-0.39, 0.29) is 5.91 Å². The second kappa shape index (κ2) is 5.92. The molecule has 0 atom stereocenters. The average Bonchev–Trinajstić information content (AvgIpc) is 2.46. The Morgan fingerprint density at radius 2 is 1.95 bits per heavy atom. The Hall–Kier alpha value is -2.07. The summed E-state index contributed by atoms with van der Waals surface area (Å²) in [5.41, 5.74) is 1.92. The second-order valence-electron chi connectivity index (χ2n) is 4.37. The number of amides is 1. The average molecular weight is 291 g/mol. The van der Waals surface area contributed by atoms with Crippen molar-refractivity contribution >= 4 is 23.2 Å². The van der Waals surface area contributed by atoms with E-state index >= 15 is 0 Å². The molecule has 5 heteroatoms. The summed E-state index contributed by atoms with van der Waals surface area (Å²) >= 11 is 6.10. The maximum absolute atomic E-state index is 12.4. The van der Waals surface area contributed by atoms with Crippen LogP contribution in [-0.4, -0.2) is 25.0 Å².